The lowest BCUT2D eigenvalue weighted by atomic mass is 10.1. The summed E-state index contributed by atoms with van der Waals surface area (Å²) in [5, 5.41) is 10.3. The molecule has 0 amide bonds. The molecule has 0 saturated heterocycles. The van der Waals surface area contributed by atoms with Crippen molar-refractivity contribution in [2.24, 2.45) is 0 Å². The maximum atomic E-state index is 12.0. The number of carboxylic acid groups (broad SMARTS) is 1. The molecule has 0 fully saturated rings. The van der Waals surface area contributed by atoms with Gasteiger partial charge in [0, 0.05) is 5.38 Å². The van der Waals surface area contributed by atoms with Crippen LogP contribution in [0, 0.1) is 0 Å². The number of carbonyl (C=O) groups is 1. The zero-order valence-corrected chi connectivity index (χ0v) is 13.0. The van der Waals surface area contributed by atoms with E-state index in [2.05, 4.69) is 11.3 Å². The molecule has 1 aromatic heterocycles. The molecule has 0 aromatic carbocycles. The highest BCUT2D eigenvalue weighted by molar-refractivity contribution is 7.91. The van der Waals surface area contributed by atoms with Crippen molar-refractivity contribution in [3.05, 3.63) is 27.6 Å². The Morgan fingerprint density at radius 1 is 1.58 bits per heavy atom. The van der Waals surface area contributed by atoms with E-state index in [1.807, 2.05) is 0 Å². The van der Waals surface area contributed by atoms with E-state index in [1.54, 1.807) is 6.92 Å². The number of aliphatic carboxylic acids is 1. The number of halogens is 2. The second kappa shape index (κ2) is 6.23. The molecule has 9 heteroatoms. The van der Waals surface area contributed by atoms with E-state index in [9.17, 15) is 13.2 Å². The standard InChI is InChI=1S/C10H11Cl2NO4S2/c1-5(2)3-7(9(14)15)13-19(16,17)10-8(12)6(11)4-18-10/h4,7,13H,1,3H2,2H3,(H,14,15). The normalized spacial score (nSPS) is 13.2. The van der Waals surface area contributed by atoms with E-state index in [-0.39, 0.29) is 20.7 Å². The lowest BCUT2D eigenvalue weighted by molar-refractivity contribution is -0.138. The highest BCUT2D eigenvalue weighted by Crippen LogP contribution is 2.35. The van der Waals surface area contributed by atoms with Gasteiger partial charge in [-0.05, 0) is 13.3 Å². The molecule has 1 rings (SSSR count). The Labute approximate surface area is 124 Å². The summed E-state index contributed by atoms with van der Waals surface area (Å²) in [6.45, 7) is 5.17. The lowest BCUT2D eigenvalue weighted by Gasteiger charge is -2.14. The first-order chi connectivity index (χ1) is 8.65. The number of thiophene rings is 1. The number of hydrogen-bond donors (Lipinski definition) is 2. The second-order valence-corrected chi connectivity index (χ2v) is 7.43. The Balaban J connectivity index is 3.04. The lowest BCUT2D eigenvalue weighted by Crippen LogP contribution is -2.40. The first-order valence-electron chi connectivity index (χ1n) is 4.97. The average Bonchev–Trinajstić information content (AvgIpc) is 2.58. The quantitative estimate of drug-likeness (QED) is 0.778. The summed E-state index contributed by atoms with van der Waals surface area (Å²) in [6.07, 6.45) is -0.00864. The van der Waals surface area contributed by atoms with Gasteiger partial charge in [-0.1, -0.05) is 28.8 Å². The van der Waals surface area contributed by atoms with Crippen molar-refractivity contribution in [1.29, 1.82) is 0 Å². The summed E-state index contributed by atoms with van der Waals surface area (Å²) < 4.78 is 25.9. The highest BCUT2D eigenvalue weighted by Gasteiger charge is 2.28. The summed E-state index contributed by atoms with van der Waals surface area (Å²) in [5.74, 6) is -1.29. The van der Waals surface area contributed by atoms with Crippen LogP contribution < -0.4 is 4.72 Å². The molecule has 5 nitrogen and oxygen atoms in total. The summed E-state index contributed by atoms with van der Waals surface area (Å²) in [4.78, 5) is 11.0. The van der Waals surface area contributed by atoms with Gasteiger partial charge in [-0.2, -0.15) is 4.72 Å². The van der Waals surface area contributed by atoms with Gasteiger partial charge in [-0.15, -0.1) is 17.9 Å². The predicted molar refractivity (Wildman–Crippen MR) is 75.5 cm³/mol. The predicted octanol–water partition coefficient (Wildman–Crippen LogP) is 2.75. The molecule has 0 radical (unpaired) electrons. The third-order valence-corrected chi connectivity index (χ3v) is 6.20. The van der Waals surface area contributed by atoms with Crippen molar-refractivity contribution in [3.8, 4) is 0 Å². The van der Waals surface area contributed by atoms with Gasteiger partial charge in [0.25, 0.3) is 10.0 Å². The van der Waals surface area contributed by atoms with Crippen molar-refractivity contribution in [2.75, 3.05) is 0 Å². The number of hydrogen-bond acceptors (Lipinski definition) is 4. The van der Waals surface area contributed by atoms with Crippen LogP contribution in [0.5, 0.6) is 0 Å². The maximum Gasteiger partial charge on any atom is 0.322 e. The average molecular weight is 344 g/mol. The second-order valence-electron chi connectivity index (χ2n) is 3.86. The molecule has 0 aliphatic rings. The molecule has 1 unspecified atom stereocenters. The van der Waals surface area contributed by atoms with Gasteiger partial charge >= 0.3 is 5.97 Å². The summed E-state index contributed by atoms with van der Waals surface area (Å²) >= 11 is 12.3. The molecule has 0 saturated carbocycles. The Morgan fingerprint density at radius 2 is 2.16 bits per heavy atom. The molecule has 1 atom stereocenters. The van der Waals surface area contributed by atoms with Crippen LogP contribution in [0.3, 0.4) is 0 Å². The molecule has 106 valence electrons. The van der Waals surface area contributed by atoms with Crippen LogP contribution in [0.15, 0.2) is 21.7 Å². The van der Waals surface area contributed by atoms with E-state index in [4.69, 9.17) is 28.3 Å². The van der Waals surface area contributed by atoms with Crippen molar-refractivity contribution >= 4 is 50.5 Å². The van der Waals surface area contributed by atoms with Crippen LogP contribution in [0.2, 0.25) is 10.0 Å². The monoisotopic (exact) mass is 343 g/mol. The van der Waals surface area contributed by atoms with E-state index < -0.39 is 22.0 Å². The van der Waals surface area contributed by atoms with Gasteiger partial charge < -0.3 is 5.11 Å². The van der Waals surface area contributed by atoms with Crippen LogP contribution in [0.25, 0.3) is 0 Å². The van der Waals surface area contributed by atoms with Crippen LogP contribution >= 0.6 is 34.5 Å². The summed E-state index contributed by atoms with van der Waals surface area (Å²) in [7, 11) is -4.03. The van der Waals surface area contributed by atoms with E-state index in [1.165, 1.54) is 5.38 Å². The van der Waals surface area contributed by atoms with Crippen LogP contribution in [-0.2, 0) is 14.8 Å². The fraction of sp³-hybridized carbons (Fsp3) is 0.300. The van der Waals surface area contributed by atoms with Gasteiger partial charge in [0.1, 0.15) is 6.04 Å². The first-order valence-corrected chi connectivity index (χ1v) is 8.09. The van der Waals surface area contributed by atoms with Gasteiger partial charge in [0.15, 0.2) is 4.21 Å². The molecular formula is C10H11Cl2NO4S2. The number of rotatable bonds is 6. The zero-order chi connectivity index (χ0) is 14.8. The third-order valence-electron chi connectivity index (χ3n) is 2.05. The minimum atomic E-state index is -4.03. The molecule has 1 aromatic rings. The Bertz CT molecular complexity index is 609. The summed E-state index contributed by atoms with van der Waals surface area (Å²) in [5.41, 5.74) is 0.547. The Morgan fingerprint density at radius 3 is 2.53 bits per heavy atom. The third kappa shape index (κ3) is 4.19. The Hall–Kier alpha value is -0.600. The van der Waals surface area contributed by atoms with Gasteiger partial charge in [0.2, 0.25) is 0 Å². The van der Waals surface area contributed by atoms with Gasteiger partial charge in [0.05, 0.1) is 10.0 Å². The van der Waals surface area contributed by atoms with Gasteiger partial charge in [-0.25, -0.2) is 8.42 Å². The molecular weight excluding hydrogens is 333 g/mol. The van der Waals surface area contributed by atoms with Crippen molar-refractivity contribution < 1.29 is 18.3 Å². The Kier molecular flexibility index (Phi) is 5.40. The van der Waals surface area contributed by atoms with Crippen molar-refractivity contribution in [2.45, 2.75) is 23.6 Å². The van der Waals surface area contributed by atoms with Crippen LogP contribution in [-0.4, -0.2) is 25.5 Å². The van der Waals surface area contributed by atoms with E-state index >= 15 is 0 Å². The largest absolute Gasteiger partial charge is 0.480 e. The van der Waals surface area contributed by atoms with Crippen molar-refractivity contribution in [3.63, 3.8) is 0 Å². The smallest absolute Gasteiger partial charge is 0.322 e. The van der Waals surface area contributed by atoms with Crippen LogP contribution in [0.1, 0.15) is 13.3 Å². The molecule has 0 bridgehead atoms. The molecule has 19 heavy (non-hydrogen) atoms. The fourth-order valence-electron chi connectivity index (χ4n) is 1.26. The minimum Gasteiger partial charge on any atom is -0.480 e. The number of sulfonamides is 1. The maximum absolute atomic E-state index is 12.0. The number of nitrogens with one attached hydrogen (secondary N) is 1. The zero-order valence-electron chi connectivity index (χ0n) is 9.81. The molecule has 0 aliphatic carbocycles. The number of carboxylic acids is 1. The van der Waals surface area contributed by atoms with Crippen LogP contribution in [0.4, 0.5) is 0 Å². The summed E-state index contributed by atoms with van der Waals surface area (Å²) in [6, 6.07) is -1.29. The highest BCUT2D eigenvalue weighted by atomic mass is 35.5. The van der Waals surface area contributed by atoms with E-state index in [0.717, 1.165) is 11.3 Å². The molecule has 2 N–H and O–H groups in total. The van der Waals surface area contributed by atoms with E-state index in [0.29, 0.717) is 5.57 Å². The molecule has 0 aliphatic heterocycles. The molecule has 1 heterocycles. The topological polar surface area (TPSA) is 83.5 Å². The van der Waals surface area contributed by atoms with Crippen molar-refractivity contribution in [1.82, 2.24) is 4.72 Å². The first kappa shape index (κ1) is 16.5. The SMILES string of the molecule is C=C(C)CC(NS(=O)(=O)c1scc(Cl)c1Cl)C(=O)O. The minimum absolute atomic E-state index is 0.00864. The van der Waals surface area contributed by atoms with Gasteiger partial charge in [-0.3, -0.25) is 4.79 Å². The molecule has 0 spiro atoms. The fourth-order valence-corrected chi connectivity index (χ4v) is 4.50.